The lowest BCUT2D eigenvalue weighted by molar-refractivity contribution is 0.588. The molecule has 0 spiro atoms. The molecule has 17 heavy (non-hydrogen) atoms. The lowest BCUT2D eigenvalue weighted by Gasteiger charge is -2.17. The number of hydrogen-bond donors (Lipinski definition) is 0. The van der Waals surface area contributed by atoms with Crippen LogP contribution in [-0.2, 0) is 4.57 Å². The van der Waals surface area contributed by atoms with Crippen molar-refractivity contribution in [1.82, 2.24) is 10.2 Å². The predicted molar refractivity (Wildman–Crippen MR) is 72.7 cm³/mol. The van der Waals surface area contributed by atoms with E-state index in [4.69, 9.17) is 0 Å². The van der Waals surface area contributed by atoms with Crippen LogP contribution in [-0.4, -0.2) is 23.5 Å². The standard InChI is InChI=1S/C13H17N2OP/c1-9(2)11-6-5-10-7-8-14-15-12(10)13(11)17(3,4)16/h5-9H,1-4H3. The fourth-order valence-corrected chi connectivity index (χ4v) is 3.73. The Hall–Kier alpha value is -1.21. The van der Waals surface area contributed by atoms with Gasteiger partial charge in [0.05, 0.1) is 6.20 Å². The second-order valence-electron chi connectivity index (χ2n) is 4.98. The first-order valence-electron chi connectivity index (χ1n) is 5.71. The molecule has 1 aromatic carbocycles. The van der Waals surface area contributed by atoms with E-state index in [1.54, 1.807) is 19.5 Å². The van der Waals surface area contributed by atoms with Crippen LogP contribution >= 0.6 is 7.14 Å². The van der Waals surface area contributed by atoms with Gasteiger partial charge in [0.2, 0.25) is 0 Å². The number of rotatable bonds is 2. The van der Waals surface area contributed by atoms with E-state index in [1.807, 2.05) is 12.1 Å². The van der Waals surface area contributed by atoms with Crippen LogP contribution in [0.3, 0.4) is 0 Å². The number of fused-ring (bicyclic) bond motifs is 1. The molecule has 0 radical (unpaired) electrons. The van der Waals surface area contributed by atoms with Crippen LogP contribution in [0.5, 0.6) is 0 Å². The Kier molecular flexibility index (Phi) is 3.05. The molecule has 0 aliphatic heterocycles. The summed E-state index contributed by atoms with van der Waals surface area (Å²) in [7, 11) is -2.36. The Morgan fingerprint density at radius 1 is 1.18 bits per heavy atom. The molecule has 1 heterocycles. The van der Waals surface area contributed by atoms with Gasteiger partial charge >= 0.3 is 0 Å². The average molecular weight is 248 g/mol. The molecule has 0 unspecified atom stereocenters. The molecule has 0 amide bonds. The Labute approximate surface area is 102 Å². The zero-order valence-electron chi connectivity index (χ0n) is 10.6. The SMILES string of the molecule is CC(C)c1ccc2ccnnc2c1P(C)(C)=O. The third-order valence-corrected chi connectivity index (χ3v) is 4.40. The lowest BCUT2D eigenvalue weighted by atomic mass is 10.0. The molecule has 2 aromatic rings. The van der Waals surface area contributed by atoms with Gasteiger partial charge in [0.25, 0.3) is 0 Å². The van der Waals surface area contributed by atoms with E-state index < -0.39 is 7.14 Å². The molecule has 90 valence electrons. The third kappa shape index (κ3) is 2.25. The van der Waals surface area contributed by atoms with E-state index >= 15 is 0 Å². The van der Waals surface area contributed by atoms with Crippen LogP contribution in [0.15, 0.2) is 24.4 Å². The highest BCUT2D eigenvalue weighted by atomic mass is 31.2. The number of nitrogens with zero attached hydrogens (tertiary/aromatic N) is 2. The van der Waals surface area contributed by atoms with Gasteiger partial charge in [-0.05, 0) is 30.9 Å². The molecule has 1 aromatic heterocycles. The van der Waals surface area contributed by atoms with Gasteiger partial charge in [-0.2, -0.15) is 5.10 Å². The first kappa shape index (κ1) is 12.3. The highest BCUT2D eigenvalue weighted by molar-refractivity contribution is 7.70. The summed E-state index contributed by atoms with van der Waals surface area (Å²) in [4.78, 5) is 0. The maximum absolute atomic E-state index is 12.5. The zero-order valence-corrected chi connectivity index (χ0v) is 11.5. The summed E-state index contributed by atoms with van der Waals surface area (Å²) in [5.74, 6) is 0.338. The van der Waals surface area contributed by atoms with Crippen molar-refractivity contribution in [3.8, 4) is 0 Å². The minimum absolute atomic E-state index is 0.338. The Balaban J connectivity index is 2.90. The molecule has 0 saturated heterocycles. The second kappa shape index (κ2) is 4.23. The average Bonchev–Trinajstić information content (AvgIpc) is 2.26. The predicted octanol–water partition coefficient (Wildman–Crippen LogP) is 3.00. The van der Waals surface area contributed by atoms with Crippen molar-refractivity contribution in [2.75, 3.05) is 13.3 Å². The highest BCUT2D eigenvalue weighted by Crippen LogP contribution is 2.40. The van der Waals surface area contributed by atoms with Crippen molar-refractivity contribution >= 4 is 23.3 Å². The van der Waals surface area contributed by atoms with Gasteiger partial charge in [-0.25, -0.2) is 0 Å². The summed E-state index contributed by atoms with van der Waals surface area (Å²) < 4.78 is 12.5. The van der Waals surface area contributed by atoms with Gasteiger partial charge in [0.1, 0.15) is 12.7 Å². The summed E-state index contributed by atoms with van der Waals surface area (Å²) >= 11 is 0. The van der Waals surface area contributed by atoms with E-state index in [2.05, 4.69) is 30.1 Å². The van der Waals surface area contributed by atoms with E-state index in [0.717, 1.165) is 21.8 Å². The van der Waals surface area contributed by atoms with Crippen LogP contribution in [0.25, 0.3) is 10.9 Å². The van der Waals surface area contributed by atoms with Crippen molar-refractivity contribution in [2.24, 2.45) is 0 Å². The van der Waals surface area contributed by atoms with Crippen molar-refractivity contribution in [3.05, 3.63) is 30.0 Å². The molecule has 4 heteroatoms. The Morgan fingerprint density at radius 2 is 1.88 bits per heavy atom. The monoisotopic (exact) mass is 248 g/mol. The first-order valence-corrected chi connectivity index (χ1v) is 8.31. The first-order chi connectivity index (χ1) is 7.91. The summed E-state index contributed by atoms with van der Waals surface area (Å²) in [6.45, 7) is 7.80. The molecule has 3 nitrogen and oxygen atoms in total. The van der Waals surface area contributed by atoms with Gasteiger partial charge in [0, 0.05) is 10.7 Å². The number of benzene rings is 1. The van der Waals surface area contributed by atoms with Crippen molar-refractivity contribution < 1.29 is 4.57 Å². The second-order valence-corrected chi connectivity index (χ2v) is 8.13. The largest absolute Gasteiger partial charge is 0.319 e. The van der Waals surface area contributed by atoms with Gasteiger partial charge < -0.3 is 4.57 Å². The van der Waals surface area contributed by atoms with E-state index in [0.29, 0.717) is 5.92 Å². The molecular weight excluding hydrogens is 231 g/mol. The fourth-order valence-electron chi connectivity index (χ4n) is 2.09. The van der Waals surface area contributed by atoms with Crippen LogP contribution < -0.4 is 5.30 Å². The topological polar surface area (TPSA) is 42.9 Å². The summed E-state index contributed by atoms with van der Waals surface area (Å²) in [5.41, 5.74) is 1.90. The van der Waals surface area contributed by atoms with Gasteiger partial charge in [-0.1, -0.05) is 26.0 Å². The molecule has 0 aliphatic rings. The zero-order chi connectivity index (χ0) is 12.6. The van der Waals surface area contributed by atoms with Crippen molar-refractivity contribution in [1.29, 1.82) is 0 Å². The fraction of sp³-hybridized carbons (Fsp3) is 0.385. The van der Waals surface area contributed by atoms with Crippen molar-refractivity contribution in [3.63, 3.8) is 0 Å². The van der Waals surface area contributed by atoms with Crippen molar-refractivity contribution in [2.45, 2.75) is 19.8 Å². The summed E-state index contributed by atoms with van der Waals surface area (Å²) in [6, 6.07) is 5.99. The van der Waals surface area contributed by atoms with Crippen LogP contribution in [0.4, 0.5) is 0 Å². The molecule has 0 fully saturated rings. The quantitative estimate of drug-likeness (QED) is 0.767. The molecular formula is C13H17N2OP. The van der Waals surface area contributed by atoms with Gasteiger partial charge in [-0.15, -0.1) is 5.10 Å². The minimum atomic E-state index is -2.36. The van der Waals surface area contributed by atoms with E-state index in [-0.39, 0.29) is 0 Å². The molecule has 0 saturated carbocycles. The normalized spacial score (nSPS) is 12.3. The van der Waals surface area contributed by atoms with Crippen LogP contribution in [0.1, 0.15) is 25.3 Å². The lowest BCUT2D eigenvalue weighted by Crippen LogP contribution is -2.14. The van der Waals surface area contributed by atoms with Crippen LogP contribution in [0.2, 0.25) is 0 Å². The van der Waals surface area contributed by atoms with Gasteiger partial charge in [0.15, 0.2) is 0 Å². The molecule has 2 rings (SSSR count). The maximum Gasteiger partial charge on any atom is 0.112 e. The molecule has 0 bridgehead atoms. The Morgan fingerprint density at radius 3 is 2.47 bits per heavy atom. The van der Waals surface area contributed by atoms with E-state index in [1.165, 1.54) is 0 Å². The number of aromatic nitrogens is 2. The van der Waals surface area contributed by atoms with Gasteiger partial charge in [-0.3, -0.25) is 0 Å². The third-order valence-electron chi connectivity index (χ3n) is 2.85. The van der Waals surface area contributed by atoms with Crippen LogP contribution in [0, 0.1) is 0 Å². The molecule has 0 atom stereocenters. The summed E-state index contributed by atoms with van der Waals surface area (Å²) in [5, 5.41) is 9.98. The number of hydrogen-bond acceptors (Lipinski definition) is 3. The smallest absolute Gasteiger partial charge is 0.112 e. The minimum Gasteiger partial charge on any atom is -0.319 e. The Bertz CT molecular complexity index is 601. The molecule has 0 aliphatic carbocycles. The molecule has 0 N–H and O–H groups in total. The maximum atomic E-state index is 12.5. The summed E-state index contributed by atoms with van der Waals surface area (Å²) in [6.07, 6.45) is 1.66. The van der Waals surface area contributed by atoms with E-state index in [9.17, 15) is 4.57 Å². The highest BCUT2D eigenvalue weighted by Gasteiger charge is 2.22.